The topological polar surface area (TPSA) is 24.5 Å². The van der Waals surface area contributed by atoms with Gasteiger partial charge >= 0.3 is 0 Å². The van der Waals surface area contributed by atoms with E-state index in [9.17, 15) is 4.39 Å². The van der Waals surface area contributed by atoms with Gasteiger partial charge in [-0.25, -0.2) is 4.39 Å². The molecule has 1 heterocycles. The highest BCUT2D eigenvalue weighted by molar-refractivity contribution is 5.30. The third-order valence-corrected chi connectivity index (χ3v) is 4.66. The van der Waals surface area contributed by atoms with Crippen molar-refractivity contribution >= 4 is 0 Å². The summed E-state index contributed by atoms with van der Waals surface area (Å²) in [5, 5.41) is 3.22. The van der Waals surface area contributed by atoms with Gasteiger partial charge in [0.15, 0.2) is 11.6 Å². The van der Waals surface area contributed by atoms with Crippen LogP contribution in [0.25, 0.3) is 0 Å². The fourth-order valence-electron chi connectivity index (χ4n) is 3.13. The highest BCUT2D eigenvalue weighted by atomic mass is 19.1. The van der Waals surface area contributed by atoms with E-state index in [1.54, 1.807) is 12.1 Å². The minimum atomic E-state index is -0.272. The first-order chi connectivity index (χ1) is 10.2. The van der Waals surface area contributed by atoms with Crippen LogP contribution in [0.15, 0.2) is 18.2 Å². The summed E-state index contributed by atoms with van der Waals surface area (Å²) in [5.74, 6) is 0.871. The zero-order chi connectivity index (χ0) is 15.2. The summed E-state index contributed by atoms with van der Waals surface area (Å²) in [6.07, 6.45) is 3.74. The Bertz CT molecular complexity index is 444. The average Bonchev–Trinajstić information content (AvgIpc) is 2.52. The van der Waals surface area contributed by atoms with E-state index in [1.165, 1.54) is 26.4 Å². The van der Waals surface area contributed by atoms with Crippen molar-refractivity contribution in [2.75, 3.05) is 33.8 Å². The number of likely N-dealkylation sites (tertiary alicyclic amines) is 1. The molecule has 1 saturated heterocycles. The lowest BCUT2D eigenvalue weighted by molar-refractivity contribution is 0.137. The molecule has 1 fully saturated rings. The van der Waals surface area contributed by atoms with Crippen molar-refractivity contribution < 1.29 is 9.13 Å². The molecular formula is C17H27FN2O. The molecule has 1 aromatic carbocycles. The molecule has 1 unspecified atom stereocenters. The highest BCUT2D eigenvalue weighted by Gasteiger charge is 2.23. The Kier molecular flexibility index (Phi) is 6.00. The molecule has 3 nitrogen and oxygen atoms in total. The Hall–Kier alpha value is -1.13. The lowest BCUT2D eigenvalue weighted by Gasteiger charge is -2.36. The summed E-state index contributed by atoms with van der Waals surface area (Å²) in [6, 6.07) is 5.56. The SMILES string of the molecule is CNCCC1CCN(C(C)c2ccc(OC)c(F)c2)CC1. The second kappa shape index (κ2) is 7.76. The largest absolute Gasteiger partial charge is 0.494 e. The second-order valence-electron chi connectivity index (χ2n) is 5.94. The molecule has 2 rings (SSSR count). The molecular weight excluding hydrogens is 267 g/mol. The van der Waals surface area contributed by atoms with E-state index in [2.05, 4.69) is 17.1 Å². The Morgan fingerprint density at radius 2 is 2.10 bits per heavy atom. The first-order valence-corrected chi connectivity index (χ1v) is 7.87. The summed E-state index contributed by atoms with van der Waals surface area (Å²) >= 11 is 0. The van der Waals surface area contributed by atoms with Crippen LogP contribution in [-0.4, -0.2) is 38.7 Å². The number of piperidine rings is 1. The number of ether oxygens (including phenoxy) is 1. The predicted octanol–water partition coefficient (Wildman–Crippen LogP) is 3.22. The molecule has 0 aliphatic carbocycles. The summed E-state index contributed by atoms with van der Waals surface area (Å²) < 4.78 is 18.8. The fraction of sp³-hybridized carbons (Fsp3) is 0.647. The van der Waals surface area contributed by atoms with Crippen LogP contribution >= 0.6 is 0 Å². The van der Waals surface area contributed by atoms with Crippen molar-refractivity contribution in [1.82, 2.24) is 10.2 Å². The zero-order valence-corrected chi connectivity index (χ0v) is 13.4. The molecule has 4 heteroatoms. The number of hydrogen-bond donors (Lipinski definition) is 1. The molecule has 0 bridgehead atoms. The number of rotatable bonds is 6. The summed E-state index contributed by atoms with van der Waals surface area (Å²) in [7, 11) is 3.51. The third kappa shape index (κ3) is 4.17. The molecule has 1 aliphatic rings. The van der Waals surface area contributed by atoms with Crippen molar-refractivity contribution in [1.29, 1.82) is 0 Å². The predicted molar refractivity (Wildman–Crippen MR) is 84.2 cm³/mol. The van der Waals surface area contributed by atoms with Crippen molar-refractivity contribution in [2.45, 2.75) is 32.2 Å². The van der Waals surface area contributed by atoms with Gasteiger partial charge in [0.1, 0.15) is 0 Å². The normalized spacial score (nSPS) is 18.7. The van der Waals surface area contributed by atoms with E-state index in [4.69, 9.17) is 4.74 Å². The quantitative estimate of drug-likeness (QED) is 0.872. The number of hydrogen-bond acceptors (Lipinski definition) is 3. The van der Waals surface area contributed by atoms with Crippen molar-refractivity contribution in [2.24, 2.45) is 5.92 Å². The summed E-state index contributed by atoms with van der Waals surface area (Å²) in [5.41, 5.74) is 1.03. The van der Waals surface area contributed by atoms with Crippen LogP contribution in [-0.2, 0) is 0 Å². The van der Waals surface area contributed by atoms with Crippen molar-refractivity contribution in [3.8, 4) is 5.75 Å². The van der Waals surface area contributed by atoms with E-state index < -0.39 is 0 Å². The van der Waals surface area contributed by atoms with Gasteiger partial charge in [-0.3, -0.25) is 4.90 Å². The Labute approximate surface area is 127 Å². The molecule has 21 heavy (non-hydrogen) atoms. The Balaban J connectivity index is 1.92. The van der Waals surface area contributed by atoms with E-state index >= 15 is 0 Å². The van der Waals surface area contributed by atoms with Crippen LogP contribution in [0.2, 0.25) is 0 Å². The molecule has 0 saturated carbocycles. The maximum atomic E-state index is 13.8. The molecule has 0 radical (unpaired) electrons. The minimum Gasteiger partial charge on any atom is -0.494 e. The first kappa shape index (κ1) is 16.2. The van der Waals surface area contributed by atoms with Gasteiger partial charge in [0.25, 0.3) is 0 Å². The van der Waals surface area contributed by atoms with Gasteiger partial charge in [0, 0.05) is 6.04 Å². The number of methoxy groups -OCH3 is 1. The number of nitrogens with zero attached hydrogens (tertiary/aromatic N) is 1. The zero-order valence-electron chi connectivity index (χ0n) is 13.4. The number of nitrogens with one attached hydrogen (secondary N) is 1. The van der Waals surface area contributed by atoms with Gasteiger partial charge in [0.2, 0.25) is 0 Å². The van der Waals surface area contributed by atoms with Crippen LogP contribution in [0.3, 0.4) is 0 Å². The lowest BCUT2D eigenvalue weighted by atomic mass is 9.92. The smallest absolute Gasteiger partial charge is 0.165 e. The van der Waals surface area contributed by atoms with Gasteiger partial charge in [0.05, 0.1) is 7.11 Å². The van der Waals surface area contributed by atoms with Gasteiger partial charge < -0.3 is 10.1 Å². The molecule has 0 aromatic heterocycles. The third-order valence-electron chi connectivity index (χ3n) is 4.66. The maximum absolute atomic E-state index is 13.8. The van der Waals surface area contributed by atoms with E-state index in [-0.39, 0.29) is 11.9 Å². The van der Waals surface area contributed by atoms with Crippen LogP contribution < -0.4 is 10.1 Å². The van der Waals surface area contributed by atoms with Crippen molar-refractivity contribution in [3.63, 3.8) is 0 Å². The van der Waals surface area contributed by atoms with Crippen LogP contribution in [0.4, 0.5) is 4.39 Å². The van der Waals surface area contributed by atoms with Crippen LogP contribution in [0.1, 0.15) is 37.8 Å². The van der Waals surface area contributed by atoms with Crippen LogP contribution in [0, 0.1) is 11.7 Å². The standard InChI is InChI=1S/C17H27FN2O/c1-13(15-4-5-17(21-3)16(18)12-15)20-10-7-14(8-11-20)6-9-19-2/h4-5,12-14,19H,6-11H2,1-3H3. The first-order valence-electron chi connectivity index (χ1n) is 7.87. The molecule has 1 atom stereocenters. The number of halogens is 1. The van der Waals surface area contributed by atoms with E-state index in [0.29, 0.717) is 5.75 Å². The molecule has 1 N–H and O–H groups in total. The molecule has 0 spiro atoms. The van der Waals surface area contributed by atoms with Gasteiger partial charge in [-0.05, 0) is 76.5 Å². The lowest BCUT2D eigenvalue weighted by Crippen LogP contribution is -2.36. The molecule has 0 amide bonds. The minimum absolute atomic E-state index is 0.260. The molecule has 1 aliphatic heterocycles. The fourth-order valence-corrected chi connectivity index (χ4v) is 3.13. The second-order valence-corrected chi connectivity index (χ2v) is 5.94. The van der Waals surface area contributed by atoms with E-state index in [1.807, 2.05) is 13.1 Å². The average molecular weight is 294 g/mol. The van der Waals surface area contributed by atoms with Gasteiger partial charge in [-0.2, -0.15) is 0 Å². The van der Waals surface area contributed by atoms with Crippen molar-refractivity contribution in [3.05, 3.63) is 29.6 Å². The molecule has 1 aromatic rings. The monoisotopic (exact) mass is 294 g/mol. The molecule has 118 valence electrons. The Morgan fingerprint density at radius 1 is 1.38 bits per heavy atom. The van der Waals surface area contributed by atoms with Crippen LogP contribution in [0.5, 0.6) is 5.75 Å². The maximum Gasteiger partial charge on any atom is 0.165 e. The summed E-state index contributed by atoms with van der Waals surface area (Å²) in [4.78, 5) is 2.46. The van der Waals surface area contributed by atoms with E-state index in [0.717, 1.165) is 31.1 Å². The highest BCUT2D eigenvalue weighted by Crippen LogP contribution is 2.29. The Morgan fingerprint density at radius 3 is 2.67 bits per heavy atom. The van der Waals surface area contributed by atoms with Gasteiger partial charge in [-0.1, -0.05) is 6.07 Å². The number of benzene rings is 1. The van der Waals surface area contributed by atoms with Gasteiger partial charge in [-0.15, -0.1) is 0 Å². The summed E-state index contributed by atoms with van der Waals surface area (Å²) in [6.45, 7) is 5.46.